The standard InChI is InChI=1S/C35H38N2O4/c1-34(2,3)25-17-20(18-26(33(25)40)35(4,5)6)9-8-16-41-28-11-7-10-21-12-15-27(37-30(21)28)29-31(38)23-14-13-22(36)19-24(23)32(29)39/h7,10-15,17-19,29,40H,8-9,16,36H2,1-6H3. The van der Waals surface area contributed by atoms with Gasteiger partial charge in [-0.05, 0) is 70.7 Å². The summed E-state index contributed by atoms with van der Waals surface area (Å²) in [5.41, 5.74) is 10.8. The molecule has 0 amide bonds. The molecule has 0 bridgehead atoms. The minimum atomic E-state index is -0.979. The van der Waals surface area contributed by atoms with Gasteiger partial charge in [-0.2, -0.15) is 0 Å². The van der Waals surface area contributed by atoms with E-state index in [1.165, 1.54) is 0 Å². The van der Waals surface area contributed by atoms with Crippen LogP contribution in [-0.4, -0.2) is 28.3 Å². The van der Waals surface area contributed by atoms with Gasteiger partial charge in [0.05, 0.1) is 12.3 Å². The lowest BCUT2D eigenvalue weighted by atomic mass is 9.78. The van der Waals surface area contributed by atoms with Gasteiger partial charge in [0.2, 0.25) is 0 Å². The molecule has 0 radical (unpaired) electrons. The monoisotopic (exact) mass is 550 g/mol. The van der Waals surface area contributed by atoms with E-state index in [0.29, 0.717) is 46.1 Å². The van der Waals surface area contributed by atoms with Crippen LogP contribution in [0.3, 0.4) is 0 Å². The third kappa shape index (κ3) is 5.43. The molecule has 212 valence electrons. The molecule has 0 spiro atoms. The Hall–Kier alpha value is -4.19. The van der Waals surface area contributed by atoms with E-state index in [2.05, 4.69) is 53.7 Å². The topological polar surface area (TPSA) is 103 Å². The Bertz CT molecular complexity index is 1640. The number of nitrogens with two attached hydrogens (primary N) is 1. The van der Waals surface area contributed by atoms with Crippen LogP contribution in [0.2, 0.25) is 0 Å². The lowest BCUT2D eigenvalue weighted by Crippen LogP contribution is -2.18. The van der Waals surface area contributed by atoms with Crippen LogP contribution >= 0.6 is 0 Å². The Labute approximate surface area is 241 Å². The second-order valence-corrected chi connectivity index (χ2v) is 13.0. The second-order valence-electron chi connectivity index (χ2n) is 13.0. The minimum Gasteiger partial charge on any atom is -0.507 e. The number of phenolic OH excluding ortho intramolecular Hbond substituents is 1. The molecule has 1 aliphatic carbocycles. The molecule has 6 nitrogen and oxygen atoms in total. The predicted octanol–water partition coefficient (Wildman–Crippen LogP) is 7.29. The Morgan fingerprint density at radius 2 is 1.51 bits per heavy atom. The SMILES string of the molecule is CC(C)(C)c1cc(CCCOc2cccc3ccc(C4C(=O)c5ccc(N)cc5C4=O)nc23)cc(C(C)(C)C)c1O. The number of ether oxygens (including phenoxy) is 1. The van der Waals surface area contributed by atoms with E-state index in [4.69, 9.17) is 15.5 Å². The van der Waals surface area contributed by atoms with E-state index in [9.17, 15) is 14.7 Å². The number of carbonyl (C=O) groups excluding carboxylic acids is 2. The smallest absolute Gasteiger partial charge is 0.180 e. The first-order valence-corrected chi connectivity index (χ1v) is 14.1. The van der Waals surface area contributed by atoms with Gasteiger partial charge in [-0.1, -0.05) is 71.9 Å². The number of Topliss-reactive ketones (excluding diaryl/α,β-unsaturated/α-hetero) is 2. The number of rotatable bonds is 6. The summed E-state index contributed by atoms with van der Waals surface area (Å²) in [4.78, 5) is 31.0. The molecular weight excluding hydrogens is 512 g/mol. The molecule has 4 aromatic rings. The number of phenols is 1. The van der Waals surface area contributed by atoms with Crippen LogP contribution in [0, 0.1) is 0 Å². The zero-order chi connectivity index (χ0) is 29.7. The second kappa shape index (κ2) is 10.3. The van der Waals surface area contributed by atoms with Gasteiger partial charge in [-0.3, -0.25) is 9.59 Å². The Morgan fingerprint density at radius 3 is 2.17 bits per heavy atom. The number of para-hydroxylation sites is 1. The number of aromatic nitrogens is 1. The normalized spacial score (nSPS) is 15.4. The average Bonchev–Trinajstić information content (AvgIpc) is 3.14. The fourth-order valence-corrected chi connectivity index (χ4v) is 5.53. The minimum absolute atomic E-state index is 0.182. The van der Waals surface area contributed by atoms with Gasteiger partial charge in [0.15, 0.2) is 11.6 Å². The molecule has 5 rings (SSSR count). The van der Waals surface area contributed by atoms with Gasteiger partial charge in [0.25, 0.3) is 0 Å². The highest BCUT2D eigenvalue weighted by atomic mass is 16.5. The summed E-state index contributed by atoms with van der Waals surface area (Å²) in [6.07, 6.45) is 1.56. The Kier molecular flexibility index (Phi) is 7.14. The number of benzene rings is 3. The molecule has 41 heavy (non-hydrogen) atoms. The van der Waals surface area contributed by atoms with E-state index in [-0.39, 0.29) is 22.4 Å². The van der Waals surface area contributed by atoms with Crippen molar-refractivity contribution in [1.82, 2.24) is 4.98 Å². The van der Waals surface area contributed by atoms with Crippen LogP contribution < -0.4 is 10.5 Å². The molecule has 3 N–H and O–H groups in total. The van der Waals surface area contributed by atoms with Crippen molar-refractivity contribution in [3.8, 4) is 11.5 Å². The first kappa shape index (κ1) is 28.3. The molecule has 3 aromatic carbocycles. The lowest BCUT2D eigenvalue weighted by Gasteiger charge is -2.28. The van der Waals surface area contributed by atoms with E-state index < -0.39 is 5.92 Å². The van der Waals surface area contributed by atoms with Gasteiger partial charge in [-0.15, -0.1) is 0 Å². The fraction of sp³-hybridized carbons (Fsp3) is 0.343. The number of ketones is 2. The molecule has 6 heteroatoms. The van der Waals surface area contributed by atoms with Crippen molar-refractivity contribution in [2.24, 2.45) is 0 Å². The number of carbonyl (C=O) groups is 2. The summed E-state index contributed by atoms with van der Waals surface area (Å²) < 4.78 is 6.21. The third-order valence-electron chi connectivity index (χ3n) is 7.75. The third-order valence-corrected chi connectivity index (χ3v) is 7.75. The van der Waals surface area contributed by atoms with Crippen LogP contribution in [0.5, 0.6) is 11.5 Å². The number of nitrogen functional groups attached to an aromatic ring is 1. The maximum atomic E-state index is 13.2. The summed E-state index contributed by atoms with van der Waals surface area (Å²) in [5, 5.41) is 11.9. The molecular formula is C35H38N2O4. The molecule has 1 unspecified atom stereocenters. The maximum absolute atomic E-state index is 13.2. The lowest BCUT2D eigenvalue weighted by molar-refractivity contribution is 0.0888. The first-order chi connectivity index (χ1) is 19.3. The van der Waals surface area contributed by atoms with E-state index in [1.54, 1.807) is 24.3 Å². The first-order valence-electron chi connectivity index (χ1n) is 14.1. The van der Waals surface area contributed by atoms with Crippen LogP contribution in [-0.2, 0) is 17.3 Å². The van der Waals surface area contributed by atoms with Crippen molar-refractivity contribution in [2.45, 2.75) is 71.1 Å². The van der Waals surface area contributed by atoms with Gasteiger partial charge < -0.3 is 15.6 Å². The molecule has 1 aliphatic rings. The number of nitrogens with zero attached hydrogens (tertiary/aromatic N) is 1. The highest BCUT2D eigenvalue weighted by Crippen LogP contribution is 2.40. The van der Waals surface area contributed by atoms with Gasteiger partial charge in [0.1, 0.15) is 22.9 Å². The number of hydrogen-bond acceptors (Lipinski definition) is 6. The largest absolute Gasteiger partial charge is 0.507 e. The van der Waals surface area contributed by atoms with E-state index in [0.717, 1.165) is 34.9 Å². The number of aromatic hydroxyl groups is 1. The van der Waals surface area contributed by atoms with Crippen molar-refractivity contribution >= 4 is 28.2 Å². The van der Waals surface area contributed by atoms with Crippen LogP contribution in [0.1, 0.15) is 97.0 Å². The summed E-state index contributed by atoms with van der Waals surface area (Å²) >= 11 is 0. The van der Waals surface area contributed by atoms with E-state index >= 15 is 0 Å². The summed E-state index contributed by atoms with van der Waals surface area (Å²) in [6.45, 7) is 13.2. The molecule has 0 fully saturated rings. The number of pyridine rings is 1. The summed E-state index contributed by atoms with van der Waals surface area (Å²) in [6, 6.07) is 18.4. The van der Waals surface area contributed by atoms with Crippen molar-refractivity contribution < 1.29 is 19.4 Å². The van der Waals surface area contributed by atoms with Crippen molar-refractivity contribution in [3.63, 3.8) is 0 Å². The van der Waals surface area contributed by atoms with E-state index in [1.807, 2.05) is 24.3 Å². The molecule has 1 heterocycles. The highest BCUT2D eigenvalue weighted by Gasteiger charge is 2.40. The highest BCUT2D eigenvalue weighted by molar-refractivity contribution is 6.29. The van der Waals surface area contributed by atoms with Crippen LogP contribution in [0.25, 0.3) is 10.9 Å². The van der Waals surface area contributed by atoms with Gasteiger partial charge >= 0.3 is 0 Å². The number of aryl methyl sites for hydroxylation is 1. The molecule has 0 saturated carbocycles. The zero-order valence-electron chi connectivity index (χ0n) is 24.7. The summed E-state index contributed by atoms with van der Waals surface area (Å²) in [7, 11) is 0. The van der Waals surface area contributed by atoms with Crippen molar-refractivity contribution in [2.75, 3.05) is 12.3 Å². The van der Waals surface area contributed by atoms with Crippen molar-refractivity contribution in [3.05, 3.63) is 94.2 Å². The van der Waals surface area contributed by atoms with Gasteiger partial charge in [-0.25, -0.2) is 4.98 Å². The number of anilines is 1. The zero-order valence-corrected chi connectivity index (χ0v) is 24.7. The average molecular weight is 551 g/mol. The molecule has 1 aromatic heterocycles. The van der Waals surface area contributed by atoms with Gasteiger partial charge in [0, 0.05) is 22.2 Å². The molecule has 0 aliphatic heterocycles. The summed E-state index contributed by atoms with van der Waals surface area (Å²) in [5.74, 6) is -0.518. The molecule has 1 atom stereocenters. The van der Waals surface area contributed by atoms with Crippen LogP contribution in [0.15, 0.2) is 60.7 Å². The van der Waals surface area contributed by atoms with Crippen molar-refractivity contribution in [1.29, 1.82) is 0 Å². The maximum Gasteiger partial charge on any atom is 0.180 e. The Balaban J connectivity index is 1.35. The number of fused-ring (bicyclic) bond motifs is 2. The predicted molar refractivity (Wildman–Crippen MR) is 163 cm³/mol. The Morgan fingerprint density at radius 1 is 0.854 bits per heavy atom. The quantitative estimate of drug-likeness (QED) is 0.148. The number of hydrogen-bond donors (Lipinski definition) is 2. The fourth-order valence-electron chi connectivity index (χ4n) is 5.53. The molecule has 0 saturated heterocycles. The van der Waals surface area contributed by atoms with Crippen LogP contribution in [0.4, 0.5) is 5.69 Å².